The summed E-state index contributed by atoms with van der Waals surface area (Å²) in [6.45, 7) is 1.76. The molecule has 0 heterocycles. The third-order valence-corrected chi connectivity index (χ3v) is 2.57. The summed E-state index contributed by atoms with van der Waals surface area (Å²) in [5.74, 6) is -0.163. The second-order valence-electron chi connectivity index (χ2n) is 2.69. The van der Waals surface area contributed by atoms with E-state index in [0.29, 0.717) is 15.6 Å². The van der Waals surface area contributed by atoms with Crippen LogP contribution in [0.5, 0.6) is 0 Å². The maximum Gasteiger partial charge on any atom is 0.176 e. The molecule has 0 bridgehead atoms. The molecule has 0 saturated carbocycles. The van der Waals surface area contributed by atoms with Gasteiger partial charge in [-0.25, -0.2) is 0 Å². The standard InChI is InChI=1S/C9H9Cl2NO/c1-5-7(10)2-6(3-8(5)11)9(13)4-12/h2-3H,4,12H2,1H3. The van der Waals surface area contributed by atoms with E-state index in [0.717, 1.165) is 5.56 Å². The van der Waals surface area contributed by atoms with Gasteiger partial charge in [0.1, 0.15) is 0 Å². The van der Waals surface area contributed by atoms with Crippen molar-refractivity contribution < 1.29 is 4.79 Å². The molecule has 0 aromatic heterocycles. The average molecular weight is 218 g/mol. The van der Waals surface area contributed by atoms with Crippen molar-refractivity contribution in [1.82, 2.24) is 0 Å². The van der Waals surface area contributed by atoms with Crippen LogP contribution in [0.1, 0.15) is 15.9 Å². The van der Waals surface area contributed by atoms with Crippen molar-refractivity contribution in [3.8, 4) is 0 Å². The summed E-state index contributed by atoms with van der Waals surface area (Å²) in [5, 5.41) is 0.980. The normalized spacial score (nSPS) is 10.2. The predicted octanol–water partition coefficient (Wildman–Crippen LogP) is 2.44. The molecular weight excluding hydrogens is 209 g/mol. The molecule has 0 spiro atoms. The first-order valence-corrected chi connectivity index (χ1v) is 4.50. The van der Waals surface area contributed by atoms with Crippen molar-refractivity contribution in [2.75, 3.05) is 6.54 Å². The summed E-state index contributed by atoms with van der Waals surface area (Å²) in [4.78, 5) is 11.2. The molecule has 0 aliphatic carbocycles. The van der Waals surface area contributed by atoms with Crippen LogP contribution in [-0.4, -0.2) is 12.3 Å². The molecule has 2 nitrogen and oxygen atoms in total. The lowest BCUT2D eigenvalue weighted by Gasteiger charge is -2.04. The Morgan fingerprint density at radius 3 is 2.23 bits per heavy atom. The Bertz CT molecular complexity index is 326. The fourth-order valence-electron chi connectivity index (χ4n) is 0.924. The van der Waals surface area contributed by atoms with E-state index in [-0.39, 0.29) is 12.3 Å². The molecule has 0 aliphatic rings. The molecule has 1 aromatic carbocycles. The van der Waals surface area contributed by atoms with E-state index in [1.807, 2.05) is 0 Å². The Balaban J connectivity index is 3.20. The van der Waals surface area contributed by atoms with Crippen LogP contribution in [0.25, 0.3) is 0 Å². The zero-order valence-electron chi connectivity index (χ0n) is 7.10. The predicted molar refractivity (Wildman–Crippen MR) is 54.6 cm³/mol. The number of benzene rings is 1. The molecule has 13 heavy (non-hydrogen) atoms. The first-order valence-electron chi connectivity index (χ1n) is 3.75. The number of ketones is 1. The monoisotopic (exact) mass is 217 g/mol. The molecular formula is C9H9Cl2NO. The smallest absolute Gasteiger partial charge is 0.176 e. The van der Waals surface area contributed by atoms with Gasteiger partial charge in [-0.1, -0.05) is 23.2 Å². The zero-order chi connectivity index (χ0) is 10.0. The van der Waals surface area contributed by atoms with E-state index in [1.165, 1.54) is 0 Å². The lowest BCUT2D eigenvalue weighted by molar-refractivity contribution is 0.100. The van der Waals surface area contributed by atoms with Gasteiger partial charge in [0.25, 0.3) is 0 Å². The minimum atomic E-state index is -0.163. The lowest BCUT2D eigenvalue weighted by Crippen LogP contribution is -2.13. The van der Waals surface area contributed by atoms with Crippen molar-refractivity contribution in [3.63, 3.8) is 0 Å². The Hall–Kier alpha value is -0.570. The van der Waals surface area contributed by atoms with E-state index in [1.54, 1.807) is 19.1 Å². The highest BCUT2D eigenvalue weighted by Crippen LogP contribution is 2.25. The second kappa shape index (κ2) is 4.09. The van der Waals surface area contributed by atoms with Gasteiger partial charge in [0.2, 0.25) is 0 Å². The number of nitrogens with two attached hydrogens (primary N) is 1. The average Bonchev–Trinajstić information content (AvgIpc) is 2.12. The summed E-state index contributed by atoms with van der Waals surface area (Å²) >= 11 is 11.7. The molecule has 70 valence electrons. The van der Waals surface area contributed by atoms with Crippen LogP contribution >= 0.6 is 23.2 Å². The Morgan fingerprint density at radius 2 is 1.85 bits per heavy atom. The van der Waals surface area contributed by atoms with E-state index in [2.05, 4.69) is 0 Å². The van der Waals surface area contributed by atoms with E-state index in [4.69, 9.17) is 28.9 Å². The van der Waals surface area contributed by atoms with Crippen LogP contribution in [0.3, 0.4) is 0 Å². The first kappa shape index (κ1) is 10.5. The number of rotatable bonds is 2. The SMILES string of the molecule is Cc1c(Cl)cc(C(=O)CN)cc1Cl. The highest BCUT2D eigenvalue weighted by molar-refractivity contribution is 6.36. The topological polar surface area (TPSA) is 43.1 Å². The van der Waals surface area contributed by atoms with E-state index in [9.17, 15) is 4.79 Å². The Labute approximate surface area is 86.6 Å². The number of halogens is 2. The largest absolute Gasteiger partial charge is 0.324 e. The highest BCUT2D eigenvalue weighted by atomic mass is 35.5. The van der Waals surface area contributed by atoms with Gasteiger partial charge in [-0.2, -0.15) is 0 Å². The molecule has 0 fully saturated rings. The molecule has 0 saturated heterocycles. The van der Waals surface area contributed by atoms with Gasteiger partial charge in [0.05, 0.1) is 6.54 Å². The summed E-state index contributed by atoms with van der Waals surface area (Å²) in [6.07, 6.45) is 0. The van der Waals surface area contributed by atoms with Gasteiger partial charge < -0.3 is 5.73 Å². The number of hydrogen-bond donors (Lipinski definition) is 1. The molecule has 1 aromatic rings. The van der Waals surface area contributed by atoms with Gasteiger partial charge in [0, 0.05) is 15.6 Å². The molecule has 1 rings (SSSR count). The first-order chi connectivity index (χ1) is 6.06. The van der Waals surface area contributed by atoms with Crippen molar-refractivity contribution in [1.29, 1.82) is 0 Å². The molecule has 0 atom stereocenters. The summed E-state index contributed by atoms with van der Waals surface area (Å²) in [7, 11) is 0. The fraction of sp³-hybridized carbons (Fsp3) is 0.222. The van der Waals surface area contributed by atoms with Crippen LogP contribution in [0.2, 0.25) is 10.0 Å². The molecule has 0 radical (unpaired) electrons. The number of Topliss-reactive ketones (excluding diaryl/α,β-unsaturated/α-hetero) is 1. The van der Waals surface area contributed by atoms with Gasteiger partial charge in [-0.05, 0) is 24.6 Å². The lowest BCUT2D eigenvalue weighted by atomic mass is 10.1. The highest BCUT2D eigenvalue weighted by Gasteiger charge is 2.08. The molecule has 0 aliphatic heterocycles. The van der Waals surface area contributed by atoms with Crippen LogP contribution in [0.15, 0.2) is 12.1 Å². The van der Waals surface area contributed by atoms with Crippen LogP contribution < -0.4 is 5.73 Å². The molecule has 2 N–H and O–H groups in total. The van der Waals surface area contributed by atoms with Crippen LogP contribution in [0, 0.1) is 6.92 Å². The maximum atomic E-state index is 11.2. The van der Waals surface area contributed by atoms with Crippen molar-refractivity contribution in [2.24, 2.45) is 5.73 Å². The third kappa shape index (κ3) is 2.21. The summed E-state index contributed by atoms with van der Waals surface area (Å²) < 4.78 is 0. The molecule has 0 unspecified atom stereocenters. The molecule has 4 heteroatoms. The van der Waals surface area contributed by atoms with Gasteiger partial charge >= 0.3 is 0 Å². The van der Waals surface area contributed by atoms with Crippen molar-refractivity contribution >= 4 is 29.0 Å². The third-order valence-electron chi connectivity index (χ3n) is 1.79. The number of carbonyl (C=O) groups is 1. The van der Waals surface area contributed by atoms with Crippen molar-refractivity contribution in [2.45, 2.75) is 6.92 Å². The quantitative estimate of drug-likeness (QED) is 0.774. The minimum Gasteiger partial charge on any atom is -0.324 e. The Morgan fingerprint density at radius 1 is 1.38 bits per heavy atom. The van der Waals surface area contributed by atoms with Gasteiger partial charge in [0.15, 0.2) is 5.78 Å². The van der Waals surface area contributed by atoms with E-state index < -0.39 is 0 Å². The maximum absolute atomic E-state index is 11.2. The summed E-state index contributed by atoms with van der Waals surface area (Å²) in [6, 6.07) is 3.16. The zero-order valence-corrected chi connectivity index (χ0v) is 8.62. The fourth-order valence-corrected chi connectivity index (χ4v) is 1.41. The minimum absolute atomic E-state index is 0.0320. The van der Waals surface area contributed by atoms with Gasteiger partial charge in [-0.3, -0.25) is 4.79 Å². The van der Waals surface area contributed by atoms with Crippen LogP contribution in [-0.2, 0) is 0 Å². The Kier molecular flexibility index (Phi) is 3.31. The summed E-state index contributed by atoms with van der Waals surface area (Å²) in [5.41, 5.74) is 6.44. The number of hydrogen-bond acceptors (Lipinski definition) is 2. The van der Waals surface area contributed by atoms with E-state index >= 15 is 0 Å². The van der Waals surface area contributed by atoms with Crippen molar-refractivity contribution in [3.05, 3.63) is 33.3 Å². The molecule has 0 amide bonds. The second-order valence-corrected chi connectivity index (χ2v) is 3.51. The number of carbonyl (C=O) groups excluding carboxylic acids is 1. The van der Waals surface area contributed by atoms with Gasteiger partial charge in [-0.15, -0.1) is 0 Å². The van der Waals surface area contributed by atoms with Crippen LogP contribution in [0.4, 0.5) is 0 Å².